The van der Waals surface area contributed by atoms with Gasteiger partial charge >= 0.3 is 6.18 Å². The molecule has 8 nitrogen and oxygen atoms in total. The molecule has 0 fully saturated rings. The molecule has 0 aliphatic rings. The van der Waals surface area contributed by atoms with Gasteiger partial charge in [0.1, 0.15) is 0 Å². The Bertz CT molecular complexity index is 1110. The van der Waals surface area contributed by atoms with E-state index < -0.39 is 34.2 Å². The third-order valence-electron chi connectivity index (χ3n) is 3.83. The third-order valence-corrected chi connectivity index (χ3v) is 4.87. The molecular weight excluding hydrogens is 423 g/mol. The fourth-order valence-corrected chi connectivity index (χ4v) is 3.43. The van der Waals surface area contributed by atoms with Crippen LogP contribution in [0, 0.1) is 0 Å². The Labute approximate surface area is 170 Å². The van der Waals surface area contributed by atoms with E-state index in [4.69, 9.17) is 4.74 Å². The molecule has 0 saturated heterocycles. The third kappa shape index (κ3) is 5.33. The molecule has 160 valence electrons. The van der Waals surface area contributed by atoms with Gasteiger partial charge in [0, 0.05) is 24.5 Å². The number of para-hydroxylation sites is 2. The van der Waals surface area contributed by atoms with Crippen LogP contribution in [0.2, 0.25) is 0 Å². The topological polar surface area (TPSA) is 106 Å². The van der Waals surface area contributed by atoms with Gasteiger partial charge in [0.25, 0.3) is 16.1 Å². The highest BCUT2D eigenvalue weighted by Crippen LogP contribution is 2.38. The first-order chi connectivity index (χ1) is 14.2. The van der Waals surface area contributed by atoms with Crippen LogP contribution >= 0.6 is 0 Å². The summed E-state index contributed by atoms with van der Waals surface area (Å²) < 4.78 is 75.0. The second-order valence-electron chi connectivity index (χ2n) is 6.19. The summed E-state index contributed by atoms with van der Waals surface area (Å²) in [5.41, 5.74) is 0.255. The van der Waals surface area contributed by atoms with E-state index in [2.05, 4.69) is 24.4 Å². The van der Waals surface area contributed by atoms with Crippen molar-refractivity contribution in [3.05, 3.63) is 54.4 Å². The number of alkyl halides is 3. The van der Waals surface area contributed by atoms with Crippen LogP contribution in [-0.2, 0) is 10.2 Å². The number of pyridine rings is 1. The molecule has 0 aliphatic heterocycles. The van der Waals surface area contributed by atoms with Crippen LogP contribution < -0.4 is 14.2 Å². The number of nitrogens with one attached hydrogen (secondary N) is 2. The predicted molar refractivity (Wildman–Crippen MR) is 104 cm³/mol. The molecule has 30 heavy (non-hydrogen) atoms. The average molecular weight is 441 g/mol. The SMILES string of the molecule is CCCNS(=O)(=O)Nc1nc2ccccc2nc1O[C@H](c1cccnc1)C(F)(F)F. The molecule has 0 saturated carbocycles. The second-order valence-corrected chi connectivity index (χ2v) is 7.69. The highest BCUT2D eigenvalue weighted by atomic mass is 32.2. The van der Waals surface area contributed by atoms with Crippen LogP contribution in [0.25, 0.3) is 11.0 Å². The standard InChI is InChI=1S/C18H18F3N5O3S/c1-2-9-23-30(27,28)26-16-17(25-14-8-4-3-7-13(14)24-16)29-15(18(19,20)21)12-6-5-10-22-11-12/h3-8,10-11,15,23H,2,9H2,1H3,(H,24,26)/t15-/m1/s1. The number of fused-ring (bicyclic) bond motifs is 1. The number of anilines is 1. The van der Waals surface area contributed by atoms with Crippen LogP contribution in [0.4, 0.5) is 19.0 Å². The number of benzene rings is 1. The van der Waals surface area contributed by atoms with Gasteiger partial charge in [-0.3, -0.25) is 9.71 Å². The van der Waals surface area contributed by atoms with Gasteiger partial charge in [0.05, 0.1) is 11.0 Å². The average Bonchev–Trinajstić information content (AvgIpc) is 2.70. The summed E-state index contributed by atoms with van der Waals surface area (Å²) in [6.07, 6.45) is -4.38. The number of hydrogen-bond acceptors (Lipinski definition) is 6. The Morgan fingerprint density at radius 3 is 2.40 bits per heavy atom. The lowest BCUT2D eigenvalue weighted by Gasteiger charge is -2.22. The van der Waals surface area contributed by atoms with E-state index in [0.29, 0.717) is 6.42 Å². The maximum Gasteiger partial charge on any atom is 0.429 e. The van der Waals surface area contributed by atoms with E-state index in [-0.39, 0.29) is 23.1 Å². The molecule has 3 rings (SSSR count). The van der Waals surface area contributed by atoms with Gasteiger partial charge in [-0.05, 0) is 24.6 Å². The van der Waals surface area contributed by atoms with Gasteiger partial charge in [-0.2, -0.15) is 26.3 Å². The summed E-state index contributed by atoms with van der Waals surface area (Å²) in [6.45, 7) is 1.89. The first kappa shape index (κ1) is 21.7. The zero-order chi connectivity index (χ0) is 21.8. The second kappa shape index (κ2) is 8.79. The molecule has 2 heterocycles. The Balaban J connectivity index is 2.06. The van der Waals surface area contributed by atoms with Crippen LogP contribution in [0.15, 0.2) is 48.8 Å². The zero-order valence-corrected chi connectivity index (χ0v) is 16.5. The monoisotopic (exact) mass is 441 g/mol. The lowest BCUT2D eigenvalue weighted by Crippen LogP contribution is -2.32. The Morgan fingerprint density at radius 2 is 1.80 bits per heavy atom. The first-order valence-electron chi connectivity index (χ1n) is 8.87. The number of halogens is 3. The largest absolute Gasteiger partial charge is 0.457 e. The molecule has 0 aliphatic carbocycles. The molecule has 0 unspecified atom stereocenters. The van der Waals surface area contributed by atoms with E-state index in [1.165, 1.54) is 24.4 Å². The summed E-state index contributed by atoms with van der Waals surface area (Å²) in [4.78, 5) is 11.8. The van der Waals surface area contributed by atoms with E-state index in [0.717, 1.165) is 6.20 Å². The van der Waals surface area contributed by atoms with E-state index >= 15 is 0 Å². The zero-order valence-electron chi connectivity index (χ0n) is 15.7. The molecule has 1 atom stereocenters. The Hall–Kier alpha value is -2.99. The minimum atomic E-state index is -4.81. The number of rotatable bonds is 8. The summed E-state index contributed by atoms with van der Waals surface area (Å²) >= 11 is 0. The van der Waals surface area contributed by atoms with Gasteiger partial charge in [-0.15, -0.1) is 0 Å². The highest BCUT2D eigenvalue weighted by Gasteiger charge is 2.44. The minimum absolute atomic E-state index is 0.132. The number of ether oxygens (including phenoxy) is 1. The van der Waals surface area contributed by atoms with E-state index in [1.807, 2.05) is 0 Å². The Kier molecular flexibility index (Phi) is 6.37. The van der Waals surface area contributed by atoms with Crippen LogP contribution in [0.5, 0.6) is 5.88 Å². The van der Waals surface area contributed by atoms with Crippen molar-refractivity contribution in [1.82, 2.24) is 19.7 Å². The first-order valence-corrected chi connectivity index (χ1v) is 10.4. The van der Waals surface area contributed by atoms with Crippen molar-refractivity contribution < 1.29 is 26.3 Å². The molecule has 3 aromatic rings. The van der Waals surface area contributed by atoms with E-state index in [1.54, 1.807) is 25.1 Å². The molecule has 12 heteroatoms. The fourth-order valence-electron chi connectivity index (χ4n) is 2.50. The van der Waals surface area contributed by atoms with Crippen molar-refractivity contribution in [3.8, 4) is 5.88 Å². The van der Waals surface area contributed by atoms with Gasteiger partial charge in [-0.1, -0.05) is 25.1 Å². The molecule has 0 spiro atoms. The summed E-state index contributed by atoms with van der Waals surface area (Å²) in [5, 5.41) is 0. The molecule has 0 amide bonds. The Morgan fingerprint density at radius 1 is 1.10 bits per heavy atom. The van der Waals surface area contributed by atoms with Gasteiger partial charge < -0.3 is 4.74 Å². The molecule has 0 radical (unpaired) electrons. The highest BCUT2D eigenvalue weighted by molar-refractivity contribution is 7.90. The van der Waals surface area contributed by atoms with Crippen LogP contribution in [0.1, 0.15) is 25.0 Å². The van der Waals surface area contributed by atoms with Crippen molar-refractivity contribution in [1.29, 1.82) is 0 Å². The lowest BCUT2D eigenvalue weighted by molar-refractivity contribution is -0.198. The number of aromatic nitrogens is 3. The minimum Gasteiger partial charge on any atom is -0.457 e. The maximum atomic E-state index is 13.7. The molecule has 2 aromatic heterocycles. The lowest BCUT2D eigenvalue weighted by atomic mass is 10.1. The van der Waals surface area contributed by atoms with Gasteiger partial charge in [0.15, 0.2) is 0 Å². The maximum absolute atomic E-state index is 13.7. The van der Waals surface area contributed by atoms with Crippen molar-refractivity contribution in [2.45, 2.75) is 25.6 Å². The van der Waals surface area contributed by atoms with Crippen molar-refractivity contribution in [2.24, 2.45) is 0 Å². The van der Waals surface area contributed by atoms with Gasteiger partial charge in [0.2, 0.25) is 11.9 Å². The predicted octanol–water partition coefficient (Wildman–Crippen LogP) is 3.36. The summed E-state index contributed by atoms with van der Waals surface area (Å²) in [6, 6.07) is 8.87. The van der Waals surface area contributed by atoms with Crippen LogP contribution in [-0.4, -0.2) is 36.1 Å². The number of hydrogen-bond donors (Lipinski definition) is 2. The molecule has 1 aromatic carbocycles. The summed E-state index contributed by atoms with van der Waals surface area (Å²) in [7, 11) is -4.10. The summed E-state index contributed by atoms with van der Waals surface area (Å²) in [5.74, 6) is -1.07. The molecule has 0 bridgehead atoms. The van der Waals surface area contributed by atoms with Crippen molar-refractivity contribution in [3.63, 3.8) is 0 Å². The van der Waals surface area contributed by atoms with Crippen LogP contribution in [0.3, 0.4) is 0 Å². The molecule has 2 N–H and O–H groups in total. The smallest absolute Gasteiger partial charge is 0.429 e. The quantitative estimate of drug-likeness (QED) is 0.555. The van der Waals surface area contributed by atoms with E-state index in [9.17, 15) is 21.6 Å². The normalized spacial score (nSPS) is 13.2. The van der Waals surface area contributed by atoms with Crippen molar-refractivity contribution >= 4 is 27.1 Å². The molecular formula is C18H18F3N5O3S. The number of nitrogens with zero attached hydrogens (tertiary/aromatic N) is 3. The van der Waals surface area contributed by atoms with Gasteiger partial charge in [-0.25, -0.2) is 9.97 Å². The fraction of sp³-hybridized carbons (Fsp3) is 0.278. The van der Waals surface area contributed by atoms with Crippen molar-refractivity contribution in [2.75, 3.05) is 11.3 Å².